The normalized spacial score (nSPS) is 17.3. The van der Waals surface area contributed by atoms with Gasteiger partial charge in [-0.3, -0.25) is 9.48 Å². The van der Waals surface area contributed by atoms with Gasteiger partial charge in [-0.2, -0.15) is 5.10 Å². The second kappa shape index (κ2) is 5.12. The monoisotopic (exact) mass is 269 g/mol. The second-order valence-corrected chi connectivity index (χ2v) is 5.42. The summed E-state index contributed by atoms with van der Waals surface area (Å²) in [6.45, 7) is 4.70. The Kier molecular flexibility index (Phi) is 3.30. The van der Waals surface area contributed by atoms with Gasteiger partial charge in [0.15, 0.2) is 0 Å². The molecule has 20 heavy (non-hydrogen) atoms. The van der Waals surface area contributed by atoms with Gasteiger partial charge in [0.25, 0.3) is 0 Å². The van der Waals surface area contributed by atoms with E-state index in [1.807, 2.05) is 47.0 Å². The van der Waals surface area contributed by atoms with Gasteiger partial charge in [-0.1, -0.05) is 18.2 Å². The van der Waals surface area contributed by atoms with E-state index in [0.29, 0.717) is 13.0 Å². The molecule has 0 saturated carbocycles. The number of anilines is 1. The van der Waals surface area contributed by atoms with Gasteiger partial charge in [0, 0.05) is 30.9 Å². The van der Waals surface area contributed by atoms with Crippen molar-refractivity contribution in [2.45, 2.75) is 39.3 Å². The first-order valence-electron chi connectivity index (χ1n) is 7.05. The number of aromatic nitrogens is 2. The molecule has 0 N–H and O–H groups in total. The molecule has 0 bridgehead atoms. The Labute approximate surface area is 119 Å². The molecule has 1 aromatic carbocycles. The number of para-hydroxylation sites is 1. The number of nitrogens with zero attached hydrogens (tertiary/aromatic N) is 3. The van der Waals surface area contributed by atoms with E-state index in [0.717, 1.165) is 17.8 Å². The van der Waals surface area contributed by atoms with Crippen molar-refractivity contribution in [2.24, 2.45) is 0 Å². The van der Waals surface area contributed by atoms with Crippen LogP contribution >= 0.6 is 0 Å². The number of rotatable bonds is 3. The molecule has 2 aromatic rings. The number of aryl methyl sites for hydroxylation is 2. The first-order valence-corrected chi connectivity index (χ1v) is 7.05. The predicted octanol–water partition coefficient (Wildman–Crippen LogP) is 2.56. The molecule has 1 aromatic heterocycles. The van der Waals surface area contributed by atoms with Crippen LogP contribution in [0.1, 0.15) is 24.6 Å². The summed E-state index contributed by atoms with van der Waals surface area (Å²) in [5, 5.41) is 4.32. The Bertz CT molecular complexity index is 632. The Hall–Kier alpha value is -2.10. The molecule has 0 unspecified atom stereocenters. The summed E-state index contributed by atoms with van der Waals surface area (Å²) in [7, 11) is 0. The van der Waals surface area contributed by atoms with Crippen molar-refractivity contribution in [3.8, 4) is 0 Å². The molecule has 2 heterocycles. The van der Waals surface area contributed by atoms with E-state index >= 15 is 0 Å². The lowest BCUT2D eigenvalue weighted by atomic mass is 10.1. The molecule has 4 heteroatoms. The maximum atomic E-state index is 12.5. The summed E-state index contributed by atoms with van der Waals surface area (Å²) >= 11 is 0. The minimum Gasteiger partial charge on any atom is -0.309 e. The lowest BCUT2D eigenvalue weighted by Gasteiger charge is -2.22. The first kappa shape index (κ1) is 12.9. The highest BCUT2D eigenvalue weighted by molar-refractivity contribution is 5.96. The van der Waals surface area contributed by atoms with Crippen LogP contribution in [0.15, 0.2) is 36.5 Å². The van der Waals surface area contributed by atoms with E-state index in [-0.39, 0.29) is 11.9 Å². The van der Waals surface area contributed by atoms with Crippen LogP contribution in [0.2, 0.25) is 0 Å². The van der Waals surface area contributed by atoms with Crippen LogP contribution in [0.5, 0.6) is 0 Å². The summed E-state index contributed by atoms with van der Waals surface area (Å²) in [5.41, 5.74) is 3.32. The van der Waals surface area contributed by atoms with Gasteiger partial charge in [-0.15, -0.1) is 0 Å². The number of fused-ring (bicyclic) bond motifs is 1. The van der Waals surface area contributed by atoms with Gasteiger partial charge >= 0.3 is 0 Å². The topological polar surface area (TPSA) is 38.1 Å². The minimum atomic E-state index is 0.176. The van der Waals surface area contributed by atoms with E-state index in [9.17, 15) is 4.79 Å². The van der Waals surface area contributed by atoms with Gasteiger partial charge in [0.05, 0.1) is 5.69 Å². The molecule has 3 rings (SSSR count). The molecular weight excluding hydrogens is 250 g/mol. The van der Waals surface area contributed by atoms with Crippen LogP contribution in [0.3, 0.4) is 0 Å². The van der Waals surface area contributed by atoms with E-state index in [4.69, 9.17) is 0 Å². The smallest absolute Gasteiger partial charge is 0.229 e. The lowest BCUT2D eigenvalue weighted by Crippen LogP contribution is -2.36. The molecule has 4 nitrogen and oxygen atoms in total. The molecule has 0 fully saturated rings. The third kappa shape index (κ3) is 2.33. The first-order chi connectivity index (χ1) is 9.65. The summed E-state index contributed by atoms with van der Waals surface area (Å²) in [6, 6.07) is 10.4. The van der Waals surface area contributed by atoms with Crippen molar-refractivity contribution < 1.29 is 4.79 Å². The fourth-order valence-electron chi connectivity index (χ4n) is 2.86. The number of benzene rings is 1. The maximum absolute atomic E-state index is 12.5. The van der Waals surface area contributed by atoms with Crippen molar-refractivity contribution in [3.05, 3.63) is 47.8 Å². The highest BCUT2D eigenvalue weighted by Crippen LogP contribution is 2.32. The number of hydrogen-bond donors (Lipinski definition) is 0. The minimum absolute atomic E-state index is 0.176. The SMILES string of the molecule is Cc1ccn(CCC(=O)N2c3ccccc3C[C@H]2C)n1. The third-order valence-electron chi connectivity index (χ3n) is 3.80. The molecule has 104 valence electrons. The van der Waals surface area contributed by atoms with Crippen LogP contribution in [-0.4, -0.2) is 21.7 Å². The number of carbonyl (C=O) groups excluding carboxylic acids is 1. The van der Waals surface area contributed by atoms with Crippen LogP contribution in [0.25, 0.3) is 0 Å². The standard InChI is InChI=1S/C16H19N3O/c1-12-7-9-18(17-12)10-8-16(20)19-13(2)11-14-5-3-4-6-15(14)19/h3-7,9,13H,8,10-11H2,1-2H3/t13-/m1/s1. The van der Waals surface area contributed by atoms with E-state index in [1.54, 1.807) is 0 Å². The quantitative estimate of drug-likeness (QED) is 0.859. The summed E-state index contributed by atoms with van der Waals surface area (Å²) in [6.07, 6.45) is 3.35. The third-order valence-corrected chi connectivity index (χ3v) is 3.80. The van der Waals surface area contributed by atoms with Gasteiger partial charge in [-0.05, 0) is 38.0 Å². The van der Waals surface area contributed by atoms with Crippen molar-refractivity contribution in [2.75, 3.05) is 4.90 Å². The fraction of sp³-hybridized carbons (Fsp3) is 0.375. The Balaban J connectivity index is 1.71. The average Bonchev–Trinajstić information content (AvgIpc) is 2.98. The van der Waals surface area contributed by atoms with Crippen molar-refractivity contribution in [1.82, 2.24) is 9.78 Å². The summed E-state index contributed by atoms with van der Waals surface area (Å²) in [5.74, 6) is 0.176. The van der Waals surface area contributed by atoms with Gasteiger partial charge in [0.2, 0.25) is 5.91 Å². The Morgan fingerprint density at radius 2 is 2.15 bits per heavy atom. The predicted molar refractivity (Wildman–Crippen MR) is 78.7 cm³/mol. The van der Waals surface area contributed by atoms with Crippen molar-refractivity contribution in [1.29, 1.82) is 0 Å². The zero-order valence-electron chi connectivity index (χ0n) is 11.9. The van der Waals surface area contributed by atoms with Crippen LogP contribution in [-0.2, 0) is 17.8 Å². The number of amides is 1. The van der Waals surface area contributed by atoms with E-state index < -0.39 is 0 Å². The zero-order chi connectivity index (χ0) is 14.1. The van der Waals surface area contributed by atoms with Crippen molar-refractivity contribution >= 4 is 11.6 Å². The molecule has 1 aliphatic heterocycles. The Morgan fingerprint density at radius 3 is 2.90 bits per heavy atom. The maximum Gasteiger partial charge on any atom is 0.229 e. The molecule has 1 amide bonds. The molecule has 0 aliphatic carbocycles. The highest BCUT2D eigenvalue weighted by atomic mass is 16.2. The largest absolute Gasteiger partial charge is 0.309 e. The molecule has 0 spiro atoms. The average molecular weight is 269 g/mol. The number of carbonyl (C=O) groups is 1. The molecule has 0 radical (unpaired) electrons. The van der Waals surface area contributed by atoms with Gasteiger partial charge in [-0.25, -0.2) is 0 Å². The molecule has 1 aliphatic rings. The van der Waals surface area contributed by atoms with Gasteiger partial charge in [0.1, 0.15) is 0 Å². The fourth-order valence-corrected chi connectivity index (χ4v) is 2.86. The summed E-state index contributed by atoms with van der Waals surface area (Å²) in [4.78, 5) is 14.4. The number of hydrogen-bond acceptors (Lipinski definition) is 2. The van der Waals surface area contributed by atoms with Crippen LogP contribution in [0.4, 0.5) is 5.69 Å². The van der Waals surface area contributed by atoms with Crippen LogP contribution < -0.4 is 4.90 Å². The van der Waals surface area contributed by atoms with Crippen molar-refractivity contribution in [3.63, 3.8) is 0 Å². The van der Waals surface area contributed by atoms with E-state index in [2.05, 4.69) is 18.1 Å². The highest BCUT2D eigenvalue weighted by Gasteiger charge is 2.29. The van der Waals surface area contributed by atoms with E-state index in [1.165, 1.54) is 5.56 Å². The Morgan fingerprint density at radius 1 is 1.35 bits per heavy atom. The molecule has 1 atom stereocenters. The molecule has 0 saturated heterocycles. The van der Waals surface area contributed by atoms with Crippen LogP contribution in [0, 0.1) is 6.92 Å². The lowest BCUT2D eigenvalue weighted by molar-refractivity contribution is -0.119. The summed E-state index contributed by atoms with van der Waals surface area (Å²) < 4.78 is 1.83. The zero-order valence-corrected chi connectivity index (χ0v) is 11.9. The molecular formula is C16H19N3O. The second-order valence-electron chi connectivity index (χ2n) is 5.42. The van der Waals surface area contributed by atoms with Gasteiger partial charge < -0.3 is 4.90 Å².